The first-order valence-corrected chi connectivity index (χ1v) is 10.2. The third kappa shape index (κ3) is 5.69. The molecule has 0 radical (unpaired) electrons. The Morgan fingerprint density at radius 1 is 1.31 bits per heavy atom. The lowest BCUT2D eigenvalue weighted by Crippen LogP contribution is -2.16. The summed E-state index contributed by atoms with van der Waals surface area (Å²) in [6, 6.07) is 6.22. The number of halogens is 5. The summed E-state index contributed by atoms with van der Waals surface area (Å²) in [5.41, 5.74) is -1.06. The van der Waals surface area contributed by atoms with Gasteiger partial charge in [-0.3, -0.25) is 15.4 Å². The van der Waals surface area contributed by atoms with Crippen LogP contribution in [0.15, 0.2) is 30.3 Å². The molecule has 15 heteroatoms. The number of non-ortho nitro benzene ring substituents is 1. The SMILES string of the molecule is COc1c(Cl)cc(F)c(-c2nn(C)c(OC(F)F)c2Cl)c1NC(=O)OCc1cccc([N+](=O)[O-])c1. The Morgan fingerprint density at radius 2 is 2.03 bits per heavy atom. The predicted octanol–water partition coefficient (Wildman–Crippen LogP) is 5.80. The van der Waals surface area contributed by atoms with Crippen molar-refractivity contribution < 1.29 is 37.1 Å². The fourth-order valence-corrected chi connectivity index (χ4v) is 3.62. The molecule has 1 N–H and O–H groups in total. The summed E-state index contributed by atoms with van der Waals surface area (Å²) in [7, 11) is 2.42. The van der Waals surface area contributed by atoms with E-state index in [-0.39, 0.29) is 34.4 Å². The number of methoxy groups -OCH3 is 1. The highest BCUT2D eigenvalue weighted by Crippen LogP contribution is 2.46. The highest BCUT2D eigenvalue weighted by atomic mass is 35.5. The number of nitro benzene ring substituents is 1. The molecule has 0 fully saturated rings. The molecule has 0 bridgehead atoms. The molecule has 10 nitrogen and oxygen atoms in total. The first-order valence-electron chi connectivity index (χ1n) is 9.44. The van der Waals surface area contributed by atoms with E-state index in [1.54, 1.807) is 0 Å². The van der Waals surface area contributed by atoms with Crippen LogP contribution in [0, 0.1) is 15.9 Å². The number of nitrogens with one attached hydrogen (secondary N) is 1. The highest BCUT2D eigenvalue weighted by Gasteiger charge is 2.29. The average molecular weight is 535 g/mol. The van der Waals surface area contributed by atoms with Crippen LogP contribution >= 0.6 is 23.2 Å². The molecule has 0 atom stereocenters. The first kappa shape index (κ1) is 25.9. The Balaban J connectivity index is 1.97. The second-order valence-electron chi connectivity index (χ2n) is 6.72. The molecule has 3 rings (SSSR count). The van der Waals surface area contributed by atoms with E-state index in [1.807, 2.05) is 0 Å². The largest absolute Gasteiger partial charge is 0.493 e. The van der Waals surface area contributed by atoms with Gasteiger partial charge in [-0.15, -0.1) is 0 Å². The summed E-state index contributed by atoms with van der Waals surface area (Å²) in [6.45, 7) is -3.60. The van der Waals surface area contributed by atoms with Crippen molar-refractivity contribution in [3.05, 3.63) is 61.9 Å². The lowest BCUT2D eigenvalue weighted by atomic mass is 10.1. The predicted molar refractivity (Wildman–Crippen MR) is 119 cm³/mol. The standard InChI is InChI=1S/C20H15Cl2F3N4O6/c1-28-18(35-19(24)25)14(22)15(27-28)13-12(23)7-11(21)17(33-2)16(13)26-20(30)34-8-9-4-3-5-10(6-9)29(31)32/h3-7,19H,8H2,1-2H3,(H,26,30). The molecule has 1 aromatic heterocycles. The van der Waals surface area contributed by atoms with Crippen molar-refractivity contribution >= 4 is 40.7 Å². The van der Waals surface area contributed by atoms with E-state index in [1.165, 1.54) is 38.4 Å². The molecule has 2 aromatic carbocycles. The summed E-state index contributed by atoms with van der Waals surface area (Å²) >= 11 is 12.2. The maximum atomic E-state index is 15.0. The molecule has 3 aromatic rings. The number of alkyl halides is 2. The Morgan fingerprint density at radius 3 is 2.66 bits per heavy atom. The van der Waals surface area contributed by atoms with Gasteiger partial charge in [0.25, 0.3) is 5.69 Å². The zero-order chi connectivity index (χ0) is 25.9. The number of hydrogen-bond acceptors (Lipinski definition) is 7. The lowest BCUT2D eigenvalue weighted by molar-refractivity contribution is -0.384. The molecule has 0 saturated carbocycles. The van der Waals surface area contributed by atoms with Crippen LogP contribution in [0.2, 0.25) is 10.0 Å². The van der Waals surface area contributed by atoms with E-state index in [0.717, 1.165) is 10.7 Å². The number of amides is 1. The van der Waals surface area contributed by atoms with Gasteiger partial charge in [0.2, 0.25) is 5.88 Å². The quantitative estimate of drug-likeness (QED) is 0.286. The minimum Gasteiger partial charge on any atom is -0.493 e. The average Bonchev–Trinajstić information content (AvgIpc) is 3.05. The van der Waals surface area contributed by atoms with Crippen molar-refractivity contribution in [3.63, 3.8) is 0 Å². The summed E-state index contributed by atoms with van der Waals surface area (Å²) in [5, 5.41) is 16.4. The Hall–Kier alpha value is -3.71. The Labute approximate surface area is 205 Å². The summed E-state index contributed by atoms with van der Waals surface area (Å²) in [6.07, 6.45) is -1.12. The van der Waals surface area contributed by atoms with E-state index in [0.29, 0.717) is 5.56 Å². The molecule has 0 aliphatic rings. The summed E-state index contributed by atoms with van der Waals surface area (Å²) in [4.78, 5) is 22.8. The number of rotatable bonds is 8. The van der Waals surface area contributed by atoms with Crippen molar-refractivity contribution in [1.29, 1.82) is 0 Å². The van der Waals surface area contributed by atoms with E-state index >= 15 is 4.39 Å². The number of nitro groups is 1. The Kier molecular flexibility index (Phi) is 7.92. The van der Waals surface area contributed by atoms with E-state index < -0.39 is 39.9 Å². The van der Waals surface area contributed by atoms with Gasteiger partial charge in [0, 0.05) is 19.2 Å². The minimum absolute atomic E-state index is 0.201. The van der Waals surface area contributed by atoms with Gasteiger partial charge in [0.1, 0.15) is 28.8 Å². The second kappa shape index (κ2) is 10.7. The lowest BCUT2D eigenvalue weighted by Gasteiger charge is -2.16. The fourth-order valence-electron chi connectivity index (χ4n) is 3.05. The molecule has 186 valence electrons. The van der Waals surface area contributed by atoms with Crippen LogP contribution in [0.5, 0.6) is 11.6 Å². The van der Waals surface area contributed by atoms with E-state index in [9.17, 15) is 23.7 Å². The Bertz CT molecular complexity index is 1290. The molecule has 0 saturated heterocycles. The number of anilines is 1. The molecule has 0 unspecified atom stereocenters. The fraction of sp³-hybridized carbons (Fsp3) is 0.200. The monoisotopic (exact) mass is 534 g/mol. The van der Waals surface area contributed by atoms with Crippen LogP contribution in [0.4, 0.5) is 29.3 Å². The van der Waals surface area contributed by atoms with Gasteiger partial charge in [-0.1, -0.05) is 35.3 Å². The number of nitrogens with zero attached hydrogens (tertiary/aromatic N) is 3. The normalized spacial score (nSPS) is 10.9. The van der Waals surface area contributed by atoms with Gasteiger partial charge in [0.15, 0.2) is 5.75 Å². The molecule has 0 aliphatic carbocycles. The number of hydrogen-bond donors (Lipinski definition) is 1. The molecule has 0 spiro atoms. The smallest absolute Gasteiger partial charge is 0.412 e. The van der Waals surface area contributed by atoms with E-state index in [2.05, 4.69) is 15.2 Å². The third-order valence-electron chi connectivity index (χ3n) is 4.49. The van der Waals surface area contributed by atoms with Crippen LogP contribution in [0.25, 0.3) is 11.3 Å². The number of ether oxygens (including phenoxy) is 3. The van der Waals surface area contributed by atoms with Crippen LogP contribution in [-0.2, 0) is 18.4 Å². The van der Waals surface area contributed by atoms with Crippen LogP contribution in [0.1, 0.15) is 5.56 Å². The van der Waals surface area contributed by atoms with Gasteiger partial charge in [-0.2, -0.15) is 13.9 Å². The zero-order valence-corrected chi connectivity index (χ0v) is 19.4. The molecular formula is C20H15Cl2F3N4O6. The van der Waals surface area contributed by atoms with Gasteiger partial charge in [-0.25, -0.2) is 13.9 Å². The highest BCUT2D eigenvalue weighted by molar-refractivity contribution is 6.35. The van der Waals surface area contributed by atoms with Crippen molar-refractivity contribution in [1.82, 2.24) is 9.78 Å². The number of aryl methyl sites for hydroxylation is 1. The van der Waals surface area contributed by atoms with Crippen molar-refractivity contribution in [2.75, 3.05) is 12.4 Å². The molecule has 1 heterocycles. The van der Waals surface area contributed by atoms with Gasteiger partial charge in [0.05, 0.1) is 22.6 Å². The maximum absolute atomic E-state index is 15.0. The van der Waals surface area contributed by atoms with Crippen LogP contribution in [-0.4, -0.2) is 34.5 Å². The first-order chi connectivity index (χ1) is 16.5. The van der Waals surface area contributed by atoms with E-state index in [4.69, 9.17) is 32.7 Å². The van der Waals surface area contributed by atoms with Crippen LogP contribution in [0.3, 0.4) is 0 Å². The third-order valence-corrected chi connectivity index (χ3v) is 5.11. The van der Waals surface area contributed by atoms with Gasteiger partial charge < -0.3 is 14.2 Å². The van der Waals surface area contributed by atoms with Crippen LogP contribution < -0.4 is 14.8 Å². The van der Waals surface area contributed by atoms with Gasteiger partial charge in [-0.05, 0) is 11.6 Å². The zero-order valence-electron chi connectivity index (χ0n) is 17.9. The summed E-state index contributed by atoms with van der Waals surface area (Å²) < 4.78 is 55.9. The van der Waals surface area contributed by atoms with Gasteiger partial charge >= 0.3 is 12.7 Å². The number of benzene rings is 2. The number of carbonyl (C=O) groups excluding carboxylic acids is 1. The minimum atomic E-state index is -3.23. The molecule has 0 aliphatic heterocycles. The van der Waals surface area contributed by atoms with Crippen molar-refractivity contribution in [2.24, 2.45) is 7.05 Å². The molecule has 1 amide bonds. The van der Waals surface area contributed by atoms with Crippen molar-refractivity contribution in [2.45, 2.75) is 13.2 Å². The maximum Gasteiger partial charge on any atom is 0.412 e. The number of aromatic nitrogens is 2. The van der Waals surface area contributed by atoms with Crippen molar-refractivity contribution in [3.8, 4) is 22.9 Å². The molecule has 35 heavy (non-hydrogen) atoms. The molecular weight excluding hydrogens is 520 g/mol. The summed E-state index contributed by atoms with van der Waals surface area (Å²) in [5.74, 6) is -1.77. The number of carbonyl (C=O) groups is 1. The topological polar surface area (TPSA) is 118 Å². The second-order valence-corrected chi connectivity index (χ2v) is 7.51.